The zero-order chi connectivity index (χ0) is 71.6. The Morgan fingerprint density at radius 1 is 0.277 bits per heavy atom. The lowest BCUT2D eigenvalue weighted by Gasteiger charge is -2.50. The molecular formula is C97H102BN3. The first-order valence-corrected chi connectivity index (χ1v) is 37.3. The Kier molecular flexibility index (Phi) is 14.4. The lowest BCUT2D eigenvalue weighted by Crippen LogP contribution is -2.62. The topological polar surface area (TPSA) is 9.72 Å². The predicted octanol–water partition coefficient (Wildman–Crippen LogP) is 24.0. The van der Waals surface area contributed by atoms with Crippen LogP contribution in [0.15, 0.2) is 218 Å². The van der Waals surface area contributed by atoms with Crippen LogP contribution in [0.25, 0.3) is 11.1 Å². The Morgan fingerprint density at radius 2 is 0.594 bits per heavy atom. The van der Waals surface area contributed by atoms with Crippen LogP contribution < -0.4 is 31.1 Å². The highest BCUT2D eigenvalue weighted by Crippen LogP contribution is 2.59. The van der Waals surface area contributed by atoms with E-state index in [0.29, 0.717) is 0 Å². The van der Waals surface area contributed by atoms with Crippen LogP contribution in [0.2, 0.25) is 0 Å². The van der Waals surface area contributed by atoms with Crippen molar-refractivity contribution < 1.29 is 0 Å². The van der Waals surface area contributed by atoms with E-state index < -0.39 is 0 Å². The van der Waals surface area contributed by atoms with E-state index >= 15 is 0 Å². The van der Waals surface area contributed by atoms with Gasteiger partial charge in [-0.3, -0.25) is 0 Å². The Hall–Kier alpha value is -9.12. The molecule has 11 aromatic carbocycles. The first kappa shape index (κ1) is 66.4. The van der Waals surface area contributed by atoms with Gasteiger partial charge in [-0.2, -0.15) is 0 Å². The highest BCUT2D eigenvalue weighted by atomic mass is 15.2. The minimum Gasteiger partial charge on any atom is -0.311 e. The molecule has 0 aromatic heterocycles. The molecule has 0 saturated heterocycles. The maximum absolute atomic E-state index is 2.78. The summed E-state index contributed by atoms with van der Waals surface area (Å²) in [5.74, 6) is 0. The maximum atomic E-state index is 2.78. The first-order valence-electron chi connectivity index (χ1n) is 37.3. The van der Waals surface area contributed by atoms with Crippen LogP contribution in [0.3, 0.4) is 0 Å². The average Bonchev–Trinajstić information content (AvgIpc) is 0.670. The number of aryl methyl sites for hydroxylation is 1. The predicted molar refractivity (Wildman–Crippen MR) is 434 cm³/mol. The van der Waals surface area contributed by atoms with Crippen LogP contribution in [0.5, 0.6) is 0 Å². The quantitative estimate of drug-likeness (QED) is 0.154. The Balaban J connectivity index is 1.11. The van der Waals surface area contributed by atoms with Gasteiger partial charge in [0.25, 0.3) is 6.71 Å². The fourth-order valence-electron chi connectivity index (χ4n) is 19.1. The summed E-state index contributed by atoms with van der Waals surface area (Å²) >= 11 is 0. The molecule has 0 amide bonds. The number of hydrogen-bond donors (Lipinski definition) is 0. The lowest BCUT2D eigenvalue weighted by molar-refractivity contribution is 0.520. The summed E-state index contributed by atoms with van der Waals surface area (Å²) in [5, 5.41) is 0. The number of nitrogens with zero attached hydrogens (tertiary/aromatic N) is 3. The zero-order valence-corrected chi connectivity index (χ0v) is 64.2. The van der Waals surface area contributed by atoms with E-state index in [4.69, 9.17) is 0 Å². The molecule has 0 unspecified atom stereocenters. The standard InChI is InChI=1S/C97H102BN3/c1-59-50-74-77(95(17,18)71-37-29-26-34-68(71)92(74,11)12)56-83(59)101-85-58-79-76(94(15,16)70-36-28-31-39-73(70)97(79,21)22)55-81(85)98-80-54-75-78(96(19,20)72-38-30-27-35-69(72)93(75,13)14)57-84(80)100(82-49-44-63(91(8,9)10)51-67(82)60-32-24-23-25-33-60)86-52-66(53-87(101)88(86)98)99(64-45-40-61(41-46-64)89(2,3)4)65-47-42-62(43-48-65)90(5,6)7/h23-58H,1-22H3. The molecular weight excluding hydrogens is 1220 g/mol. The van der Waals surface area contributed by atoms with Crippen LogP contribution >= 0.6 is 0 Å². The third-order valence-electron chi connectivity index (χ3n) is 25.2. The van der Waals surface area contributed by atoms with Gasteiger partial charge in [0.15, 0.2) is 0 Å². The fourth-order valence-corrected chi connectivity index (χ4v) is 19.1. The molecule has 0 bridgehead atoms. The molecule has 0 fully saturated rings. The average molecular weight is 1320 g/mol. The molecule has 11 aromatic rings. The highest BCUT2D eigenvalue weighted by Gasteiger charge is 2.52. The van der Waals surface area contributed by atoms with Crippen molar-refractivity contribution in [2.75, 3.05) is 14.7 Å². The molecule has 0 atom stereocenters. The number of rotatable bonds is 6. The minimum atomic E-state index is -0.334. The van der Waals surface area contributed by atoms with Crippen molar-refractivity contribution in [2.45, 2.75) is 201 Å². The summed E-state index contributed by atoms with van der Waals surface area (Å²) in [7, 11) is 0. The number of hydrogen-bond acceptors (Lipinski definition) is 3. The first-order chi connectivity index (χ1) is 47.4. The van der Waals surface area contributed by atoms with E-state index in [-0.39, 0.29) is 55.4 Å². The van der Waals surface area contributed by atoms with E-state index in [2.05, 4.69) is 385 Å². The van der Waals surface area contributed by atoms with Crippen LogP contribution in [0.4, 0.5) is 51.2 Å². The minimum absolute atomic E-state index is 0.0435. The van der Waals surface area contributed by atoms with E-state index in [1.165, 1.54) is 145 Å². The molecule has 508 valence electrons. The van der Waals surface area contributed by atoms with Crippen LogP contribution in [-0.2, 0) is 48.7 Å². The monoisotopic (exact) mass is 1320 g/mol. The van der Waals surface area contributed by atoms with Crippen LogP contribution in [0.1, 0.15) is 234 Å². The SMILES string of the molecule is Cc1cc2c(cc1N1c3cc4c(cc3B3c5cc6c(cc5N(c5ccc(C(C)(C)C)cc5-c5ccccc5)c5cc(N(c7ccc(C(C)(C)C)cc7)c7ccc(C(C)(C)C)cc7)cc1c53)C(C)(C)c1ccccc1C6(C)C)C(C)(C)c1ccccc1C4(C)C)C(C)(C)c1ccccc1C2(C)C. The summed E-state index contributed by atoms with van der Waals surface area (Å²) in [6.07, 6.45) is 0. The second-order valence-corrected chi connectivity index (χ2v) is 36.8. The van der Waals surface area contributed by atoms with Crippen molar-refractivity contribution >= 4 is 74.3 Å². The van der Waals surface area contributed by atoms with Gasteiger partial charge in [0.2, 0.25) is 0 Å². The molecule has 4 heteroatoms. The second kappa shape index (κ2) is 22.0. The maximum Gasteiger partial charge on any atom is 0.252 e. The van der Waals surface area contributed by atoms with Crippen molar-refractivity contribution in [3.05, 3.63) is 307 Å². The Bertz CT molecular complexity index is 5180. The second-order valence-electron chi connectivity index (χ2n) is 36.8. The molecule has 16 rings (SSSR count). The van der Waals surface area contributed by atoms with Gasteiger partial charge < -0.3 is 14.7 Å². The molecule has 0 N–H and O–H groups in total. The number of benzene rings is 11. The normalized spacial score (nSPS) is 17.2. The largest absolute Gasteiger partial charge is 0.311 e. The molecule has 5 aliphatic rings. The number of fused-ring (bicyclic) bond motifs is 10. The summed E-state index contributed by atoms with van der Waals surface area (Å²) < 4.78 is 0. The van der Waals surface area contributed by atoms with Gasteiger partial charge >= 0.3 is 0 Å². The lowest BCUT2D eigenvalue weighted by atomic mass is 9.32. The van der Waals surface area contributed by atoms with E-state index in [1.807, 2.05) is 0 Å². The highest BCUT2D eigenvalue weighted by molar-refractivity contribution is 7.00. The fraction of sp³-hybridized carbons (Fsp3) is 0.320. The molecule has 3 aliphatic carbocycles. The van der Waals surface area contributed by atoms with Crippen molar-refractivity contribution in [3.8, 4) is 11.1 Å². The molecule has 3 nitrogen and oxygen atoms in total. The van der Waals surface area contributed by atoms with E-state index in [9.17, 15) is 0 Å². The van der Waals surface area contributed by atoms with E-state index in [0.717, 1.165) is 22.7 Å². The van der Waals surface area contributed by atoms with Gasteiger partial charge in [-0.15, -0.1) is 0 Å². The van der Waals surface area contributed by atoms with Crippen molar-refractivity contribution in [1.29, 1.82) is 0 Å². The van der Waals surface area contributed by atoms with Crippen molar-refractivity contribution in [1.82, 2.24) is 0 Å². The summed E-state index contributed by atoms with van der Waals surface area (Å²) in [6.45, 7) is 53.0. The van der Waals surface area contributed by atoms with Gasteiger partial charge in [-0.1, -0.05) is 297 Å². The van der Waals surface area contributed by atoms with Crippen molar-refractivity contribution in [2.24, 2.45) is 0 Å². The number of anilines is 9. The van der Waals surface area contributed by atoms with Gasteiger partial charge in [0, 0.05) is 77.9 Å². The van der Waals surface area contributed by atoms with Crippen LogP contribution in [0, 0.1) is 6.92 Å². The van der Waals surface area contributed by atoms with Gasteiger partial charge in [-0.05, 0) is 201 Å². The third kappa shape index (κ3) is 9.79. The molecule has 0 radical (unpaired) electrons. The summed E-state index contributed by atoms with van der Waals surface area (Å²) in [6, 6.07) is 86.9. The smallest absolute Gasteiger partial charge is 0.252 e. The Labute approximate surface area is 604 Å². The van der Waals surface area contributed by atoms with Gasteiger partial charge in [0.1, 0.15) is 0 Å². The summed E-state index contributed by atoms with van der Waals surface area (Å²) in [5.41, 5.74) is 36.6. The summed E-state index contributed by atoms with van der Waals surface area (Å²) in [4.78, 5) is 8.11. The molecule has 0 spiro atoms. The molecule has 2 heterocycles. The van der Waals surface area contributed by atoms with E-state index in [1.54, 1.807) is 0 Å². The zero-order valence-electron chi connectivity index (χ0n) is 64.2. The molecule has 101 heavy (non-hydrogen) atoms. The van der Waals surface area contributed by atoms with Crippen LogP contribution in [-0.4, -0.2) is 6.71 Å². The Morgan fingerprint density at radius 3 is 0.960 bits per heavy atom. The van der Waals surface area contributed by atoms with Crippen molar-refractivity contribution in [3.63, 3.8) is 0 Å². The van der Waals surface area contributed by atoms with Gasteiger partial charge in [0.05, 0.1) is 11.4 Å². The molecule has 0 saturated carbocycles. The third-order valence-corrected chi connectivity index (χ3v) is 25.2. The molecule has 2 aliphatic heterocycles. The van der Waals surface area contributed by atoms with Gasteiger partial charge in [-0.25, -0.2) is 0 Å².